The third kappa shape index (κ3) is 8.60. The number of H-pyrrole nitrogens is 1. The van der Waals surface area contributed by atoms with Crippen LogP contribution in [0.5, 0.6) is 0 Å². The minimum atomic E-state index is -0.455. The molecule has 1 aliphatic heterocycles. The molecule has 3 rings (SSSR count). The molecule has 1 saturated heterocycles. The Morgan fingerprint density at radius 2 is 1.88 bits per heavy atom. The number of aromatic amines is 1. The molecule has 218 valence electrons. The van der Waals surface area contributed by atoms with Gasteiger partial charge >= 0.3 is 0 Å². The number of benzene rings is 1. The number of hydrogen-bond donors (Lipinski definition) is 3. The molecule has 1 aromatic heterocycles. The fraction of sp³-hybridized carbons (Fsp3) is 0.324. The van der Waals surface area contributed by atoms with Crippen LogP contribution in [-0.2, 0) is 6.42 Å². The predicted octanol–water partition coefficient (Wildman–Crippen LogP) is 6.29. The first-order valence-corrected chi connectivity index (χ1v) is 13.8. The molecule has 0 saturated carbocycles. The molecule has 0 radical (unpaired) electrons. The highest BCUT2D eigenvalue weighted by Crippen LogP contribution is 2.28. The van der Waals surface area contributed by atoms with Gasteiger partial charge in [0.1, 0.15) is 17.3 Å². The van der Waals surface area contributed by atoms with Gasteiger partial charge in [-0.15, -0.1) is 12.8 Å². The van der Waals surface area contributed by atoms with Gasteiger partial charge in [0, 0.05) is 49.7 Å². The molecule has 1 aliphatic rings. The standard InChI is InChI=1S/C32H43FN6.C2H2/c1-9-12-29(39-15-13-38(8)14-16-39)32-23(7)36-30(37-32)20-26-17-25(19-28(33)31(26)34)24(10-2)18-27(11-3)35-22(6)21(4)5;1-2/h9-12,17-19,21,35H,1,3,6,13-16,20,34H2,2,4-5,7-8H3,(H,36,37);1-2H/b24-10+,27-18+,29-12+;. The second kappa shape index (κ2) is 15.5. The second-order valence-corrected chi connectivity index (χ2v) is 10.3. The van der Waals surface area contributed by atoms with Crippen LogP contribution in [0.4, 0.5) is 10.1 Å². The van der Waals surface area contributed by atoms with Crippen molar-refractivity contribution in [3.8, 4) is 12.8 Å². The number of nitrogens with zero attached hydrogens (tertiary/aromatic N) is 3. The number of anilines is 1. The number of nitrogens with one attached hydrogen (secondary N) is 2. The first-order valence-electron chi connectivity index (χ1n) is 13.8. The van der Waals surface area contributed by atoms with E-state index in [9.17, 15) is 0 Å². The maximum atomic E-state index is 15.1. The Bertz CT molecular complexity index is 1350. The summed E-state index contributed by atoms with van der Waals surface area (Å²) in [7, 11) is 2.13. The summed E-state index contributed by atoms with van der Waals surface area (Å²) in [5.74, 6) is 0.542. The maximum Gasteiger partial charge on any atom is 0.146 e. The zero-order valence-corrected chi connectivity index (χ0v) is 25.2. The van der Waals surface area contributed by atoms with Crippen LogP contribution in [0.2, 0.25) is 0 Å². The molecule has 2 heterocycles. The smallest absolute Gasteiger partial charge is 0.146 e. The molecule has 2 aromatic rings. The van der Waals surface area contributed by atoms with E-state index in [4.69, 9.17) is 10.7 Å². The Morgan fingerprint density at radius 1 is 1.22 bits per heavy atom. The van der Waals surface area contributed by atoms with Gasteiger partial charge in [0.2, 0.25) is 0 Å². The summed E-state index contributed by atoms with van der Waals surface area (Å²) in [6.07, 6.45) is 17.8. The summed E-state index contributed by atoms with van der Waals surface area (Å²) in [5, 5.41) is 3.30. The molecule has 0 atom stereocenters. The largest absolute Gasteiger partial charge is 0.396 e. The number of hydrogen-bond acceptors (Lipinski definition) is 5. The highest BCUT2D eigenvalue weighted by atomic mass is 19.1. The Labute approximate surface area is 245 Å². The Kier molecular flexibility index (Phi) is 12.4. The van der Waals surface area contributed by atoms with Gasteiger partial charge in [-0.05, 0) is 73.9 Å². The summed E-state index contributed by atoms with van der Waals surface area (Å²) in [6, 6.07) is 3.40. The maximum absolute atomic E-state index is 15.1. The SMILES string of the molecule is C#C.C=C/C=C(\c1nc(Cc2cc(C(/C=C(\C=C)NC(=C)C(C)C)=C/C)cc(F)c2N)[nH]c1C)N1CCN(C)CC1. The molecule has 7 heteroatoms. The topological polar surface area (TPSA) is 73.2 Å². The van der Waals surface area contributed by atoms with Crippen molar-refractivity contribution < 1.29 is 4.39 Å². The van der Waals surface area contributed by atoms with Crippen LogP contribution in [0.15, 0.2) is 73.6 Å². The summed E-state index contributed by atoms with van der Waals surface area (Å²) in [4.78, 5) is 13.0. The number of piperazine rings is 1. The number of imidazole rings is 1. The van der Waals surface area contributed by atoms with Crippen molar-refractivity contribution >= 4 is 17.0 Å². The predicted molar refractivity (Wildman–Crippen MR) is 173 cm³/mol. The normalized spacial score (nSPS) is 14.9. The monoisotopic (exact) mass is 556 g/mol. The Morgan fingerprint density at radius 3 is 2.44 bits per heavy atom. The number of aryl methyl sites for hydroxylation is 1. The number of nitrogens with two attached hydrogens (primary N) is 1. The number of aromatic nitrogens is 2. The van der Waals surface area contributed by atoms with Crippen LogP contribution < -0.4 is 11.1 Å². The molecule has 0 unspecified atom stereocenters. The highest BCUT2D eigenvalue weighted by Gasteiger charge is 2.21. The third-order valence-electron chi connectivity index (χ3n) is 7.05. The van der Waals surface area contributed by atoms with E-state index in [1.54, 1.807) is 12.2 Å². The fourth-order valence-electron chi connectivity index (χ4n) is 4.49. The van der Waals surface area contributed by atoms with E-state index in [0.717, 1.165) is 71.6 Å². The Hall–Kier alpha value is -4.28. The average Bonchev–Trinajstić information content (AvgIpc) is 3.32. The lowest BCUT2D eigenvalue weighted by molar-refractivity contribution is 0.207. The van der Waals surface area contributed by atoms with Crippen molar-refractivity contribution in [1.29, 1.82) is 0 Å². The zero-order valence-electron chi connectivity index (χ0n) is 25.2. The Balaban J connectivity index is 0.00000287. The van der Waals surface area contributed by atoms with Gasteiger partial charge in [-0.25, -0.2) is 9.37 Å². The molecular weight excluding hydrogens is 511 g/mol. The van der Waals surface area contributed by atoms with E-state index in [2.05, 4.69) is 73.6 Å². The molecule has 4 N–H and O–H groups in total. The van der Waals surface area contributed by atoms with Crippen LogP contribution in [-0.4, -0.2) is 53.0 Å². The highest BCUT2D eigenvalue weighted by molar-refractivity contribution is 5.77. The fourth-order valence-corrected chi connectivity index (χ4v) is 4.49. The van der Waals surface area contributed by atoms with Crippen LogP contribution in [0, 0.1) is 31.5 Å². The summed E-state index contributed by atoms with van der Waals surface area (Å²) < 4.78 is 15.1. The number of rotatable bonds is 11. The third-order valence-corrected chi connectivity index (χ3v) is 7.05. The second-order valence-electron chi connectivity index (χ2n) is 10.3. The van der Waals surface area contributed by atoms with Crippen LogP contribution >= 0.6 is 0 Å². The summed E-state index contributed by atoms with van der Waals surface area (Å²) >= 11 is 0. The number of likely N-dealkylation sites (N-methyl/N-ethyl adjacent to an activating group) is 1. The van der Waals surface area contributed by atoms with Crippen molar-refractivity contribution in [1.82, 2.24) is 25.1 Å². The van der Waals surface area contributed by atoms with Crippen molar-refractivity contribution in [3.05, 3.63) is 108 Å². The molecule has 0 amide bonds. The molecule has 6 nitrogen and oxygen atoms in total. The summed E-state index contributed by atoms with van der Waals surface area (Å²) in [6.45, 7) is 23.8. The number of halogens is 1. The number of allylic oxidation sites excluding steroid dienone is 7. The number of terminal acetylenes is 1. The minimum Gasteiger partial charge on any atom is -0.396 e. The molecular formula is C34H45FN6. The van der Waals surface area contributed by atoms with Gasteiger partial charge in [-0.1, -0.05) is 45.7 Å². The van der Waals surface area contributed by atoms with E-state index >= 15 is 4.39 Å². The first-order chi connectivity index (χ1) is 19.6. The van der Waals surface area contributed by atoms with Crippen molar-refractivity contribution in [2.75, 3.05) is 39.0 Å². The van der Waals surface area contributed by atoms with Crippen LogP contribution in [0.25, 0.3) is 11.3 Å². The lowest BCUT2D eigenvalue weighted by Crippen LogP contribution is -2.43. The average molecular weight is 557 g/mol. The van der Waals surface area contributed by atoms with E-state index in [1.165, 1.54) is 6.07 Å². The van der Waals surface area contributed by atoms with Gasteiger partial charge in [-0.3, -0.25) is 0 Å². The van der Waals surface area contributed by atoms with Crippen molar-refractivity contribution in [2.45, 2.75) is 34.1 Å². The first kappa shape index (κ1) is 32.9. The summed E-state index contributed by atoms with van der Waals surface area (Å²) in [5.41, 5.74) is 13.1. The van der Waals surface area contributed by atoms with Crippen molar-refractivity contribution in [2.24, 2.45) is 5.92 Å². The van der Waals surface area contributed by atoms with Gasteiger partial charge in [0.15, 0.2) is 0 Å². The lowest BCUT2D eigenvalue weighted by Gasteiger charge is -2.35. The van der Waals surface area contributed by atoms with Gasteiger partial charge in [0.05, 0.1) is 11.4 Å². The quantitative estimate of drug-likeness (QED) is 0.172. The van der Waals surface area contributed by atoms with E-state index in [0.29, 0.717) is 12.0 Å². The zero-order chi connectivity index (χ0) is 30.7. The van der Waals surface area contributed by atoms with Crippen LogP contribution in [0.1, 0.15) is 49.1 Å². The molecule has 1 fully saturated rings. The minimum absolute atomic E-state index is 0.130. The lowest BCUT2D eigenvalue weighted by atomic mass is 9.98. The molecule has 41 heavy (non-hydrogen) atoms. The van der Waals surface area contributed by atoms with E-state index < -0.39 is 5.82 Å². The van der Waals surface area contributed by atoms with Gasteiger partial charge in [0.25, 0.3) is 0 Å². The van der Waals surface area contributed by atoms with Crippen molar-refractivity contribution in [3.63, 3.8) is 0 Å². The molecule has 0 spiro atoms. The van der Waals surface area contributed by atoms with E-state index in [1.807, 2.05) is 38.1 Å². The molecule has 0 aliphatic carbocycles. The molecule has 0 bridgehead atoms. The van der Waals surface area contributed by atoms with E-state index in [-0.39, 0.29) is 11.6 Å². The van der Waals surface area contributed by atoms with Gasteiger partial charge < -0.3 is 25.8 Å². The van der Waals surface area contributed by atoms with Gasteiger partial charge in [-0.2, -0.15) is 0 Å². The number of nitrogen functional groups attached to an aromatic ring is 1. The van der Waals surface area contributed by atoms with Crippen LogP contribution in [0.3, 0.4) is 0 Å². The molecule has 1 aromatic carbocycles.